The van der Waals surface area contributed by atoms with Gasteiger partial charge in [-0.25, -0.2) is 19.4 Å². The maximum Gasteiger partial charge on any atom is 0.410 e. The molecule has 6 rings (SSSR count). The van der Waals surface area contributed by atoms with Gasteiger partial charge in [-0.3, -0.25) is 0 Å². The third-order valence-corrected chi connectivity index (χ3v) is 7.41. The molecule has 0 N–H and O–H groups in total. The minimum absolute atomic E-state index is 0.0505. The number of rotatable bonds is 4. The van der Waals surface area contributed by atoms with Crippen molar-refractivity contribution in [3.8, 4) is 11.5 Å². The van der Waals surface area contributed by atoms with Crippen LogP contribution in [0, 0.1) is 6.92 Å². The van der Waals surface area contributed by atoms with Gasteiger partial charge in [-0.1, -0.05) is 12.1 Å². The van der Waals surface area contributed by atoms with Gasteiger partial charge in [-0.15, -0.1) is 0 Å². The van der Waals surface area contributed by atoms with Crippen molar-refractivity contribution in [3.05, 3.63) is 48.4 Å². The Morgan fingerprint density at radius 2 is 1.85 bits per heavy atom. The first-order chi connectivity index (χ1) is 19.3. The normalized spacial score (nSPS) is 18.4. The lowest BCUT2D eigenvalue weighted by molar-refractivity contribution is -0.0366. The van der Waals surface area contributed by atoms with Crippen LogP contribution in [-0.4, -0.2) is 69.1 Å². The molecule has 2 saturated heterocycles. The zero-order valence-corrected chi connectivity index (χ0v) is 23.6. The quantitative estimate of drug-likeness (QED) is 0.316. The average molecular weight is 545 g/mol. The van der Waals surface area contributed by atoms with Gasteiger partial charge < -0.3 is 24.0 Å². The summed E-state index contributed by atoms with van der Waals surface area (Å²) in [6.45, 7) is 10.9. The highest BCUT2D eigenvalue weighted by atomic mass is 16.6. The highest BCUT2D eigenvalue weighted by Gasteiger charge is 2.27. The zero-order chi connectivity index (χ0) is 27.9. The van der Waals surface area contributed by atoms with Crippen molar-refractivity contribution < 1.29 is 19.0 Å². The van der Waals surface area contributed by atoms with Gasteiger partial charge in [-0.05, 0) is 70.7 Å². The maximum atomic E-state index is 12.5. The lowest BCUT2D eigenvalue weighted by Gasteiger charge is -2.36. The summed E-state index contributed by atoms with van der Waals surface area (Å²) in [4.78, 5) is 25.7. The van der Waals surface area contributed by atoms with Crippen LogP contribution in [0.5, 0.6) is 11.5 Å². The molecule has 4 heterocycles. The lowest BCUT2D eigenvalue weighted by atomic mass is 10.1. The Morgan fingerprint density at radius 1 is 1.02 bits per heavy atom. The third-order valence-electron chi connectivity index (χ3n) is 7.41. The molecular formula is C30H36N6O4. The SMILES string of the molecule is Cc1ccc2c(cnn2C2CCCCO2)c1Oc1cccc2c(N3CCN(C(=O)OC(C)(C)C)CC3)ncnc12. The van der Waals surface area contributed by atoms with E-state index < -0.39 is 5.60 Å². The van der Waals surface area contributed by atoms with Crippen molar-refractivity contribution in [3.63, 3.8) is 0 Å². The van der Waals surface area contributed by atoms with Gasteiger partial charge in [0.25, 0.3) is 0 Å². The van der Waals surface area contributed by atoms with Crippen LogP contribution in [-0.2, 0) is 9.47 Å². The Labute approximate surface area is 233 Å². The number of anilines is 1. The molecule has 1 amide bonds. The molecule has 10 nitrogen and oxygen atoms in total. The summed E-state index contributed by atoms with van der Waals surface area (Å²) in [6.07, 6.45) is 6.30. The number of amides is 1. The van der Waals surface area contributed by atoms with Crippen LogP contribution in [0.3, 0.4) is 0 Å². The summed E-state index contributed by atoms with van der Waals surface area (Å²) >= 11 is 0. The second-order valence-corrected chi connectivity index (χ2v) is 11.5. The van der Waals surface area contributed by atoms with Gasteiger partial charge >= 0.3 is 6.09 Å². The largest absolute Gasteiger partial charge is 0.454 e. The van der Waals surface area contributed by atoms with E-state index in [1.54, 1.807) is 11.2 Å². The van der Waals surface area contributed by atoms with Crippen molar-refractivity contribution >= 4 is 33.7 Å². The topological polar surface area (TPSA) is 94.8 Å². The fourth-order valence-corrected chi connectivity index (χ4v) is 5.40. The number of carbonyl (C=O) groups excluding carboxylic acids is 1. The molecule has 0 aliphatic carbocycles. The van der Waals surface area contributed by atoms with Crippen LogP contribution in [0.4, 0.5) is 10.6 Å². The van der Waals surface area contributed by atoms with E-state index >= 15 is 0 Å². The van der Waals surface area contributed by atoms with E-state index in [9.17, 15) is 4.79 Å². The highest BCUT2D eigenvalue weighted by molar-refractivity contribution is 5.94. The predicted octanol–water partition coefficient (Wildman–Crippen LogP) is 5.84. The Morgan fingerprint density at radius 3 is 2.60 bits per heavy atom. The Hall–Kier alpha value is -3.92. The van der Waals surface area contributed by atoms with E-state index in [1.807, 2.05) is 56.8 Å². The molecule has 4 aromatic rings. The van der Waals surface area contributed by atoms with Gasteiger partial charge in [-0.2, -0.15) is 5.10 Å². The summed E-state index contributed by atoms with van der Waals surface area (Å²) in [5.41, 5.74) is 2.23. The second-order valence-electron chi connectivity index (χ2n) is 11.5. The number of aryl methyl sites for hydroxylation is 1. The van der Waals surface area contributed by atoms with Crippen molar-refractivity contribution in [2.24, 2.45) is 0 Å². The first-order valence-electron chi connectivity index (χ1n) is 14.0. The first-order valence-corrected chi connectivity index (χ1v) is 14.0. The fourth-order valence-electron chi connectivity index (χ4n) is 5.40. The second kappa shape index (κ2) is 10.6. The minimum Gasteiger partial charge on any atom is -0.454 e. The van der Waals surface area contributed by atoms with Gasteiger partial charge in [0.1, 0.15) is 29.0 Å². The molecule has 210 valence electrons. The molecule has 2 fully saturated rings. The van der Waals surface area contributed by atoms with Crippen LogP contribution < -0.4 is 9.64 Å². The Bertz CT molecular complexity index is 1530. The highest BCUT2D eigenvalue weighted by Crippen LogP contribution is 2.38. The number of fused-ring (bicyclic) bond motifs is 2. The van der Waals surface area contributed by atoms with Crippen molar-refractivity contribution in [1.29, 1.82) is 0 Å². The maximum absolute atomic E-state index is 12.5. The van der Waals surface area contributed by atoms with Crippen LogP contribution >= 0.6 is 0 Å². The monoisotopic (exact) mass is 544 g/mol. The number of benzene rings is 2. The first kappa shape index (κ1) is 26.3. The molecule has 2 aromatic carbocycles. The van der Waals surface area contributed by atoms with Crippen molar-refractivity contribution in [2.45, 2.75) is 58.8 Å². The molecule has 0 radical (unpaired) electrons. The molecule has 0 saturated carbocycles. The summed E-state index contributed by atoms with van der Waals surface area (Å²) in [5.74, 6) is 2.25. The third kappa shape index (κ3) is 5.15. The van der Waals surface area contributed by atoms with Gasteiger partial charge in [0.2, 0.25) is 0 Å². The summed E-state index contributed by atoms with van der Waals surface area (Å²) in [6, 6.07) is 10.1. The van der Waals surface area contributed by atoms with E-state index in [4.69, 9.17) is 14.2 Å². The molecule has 1 unspecified atom stereocenters. The van der Waals surface area contributed by atoms with Gasteiger partial charge in [0.15, 0.2) is 12.0 Å². The zero-order valence-electron chi connectivity index (χ0n) is 23.6. The van der Waals surface area contributed by atoms with Crippen LogP contribution in [0.25, 0.3) is 21.8 Å². The molecule has 2 aliphatic heterocycles. The van der Waals surface area contributed by atoms with Crippen LogP contribution in [0.2, 0.25) is 0 Å². The number of aromatic nitrogens is 4. The van der Waals surface area contributed by atoms with Gasteiger partial charge in [0.05, 0.1) is 17.1 Å². The number of hydrogen-bond acceptors (Lipinski definition) is 8. The molecule has 1 atom stereocenters. The van der Waals surface area contributed by atoms with Gasteiger partial charge in [0, 0.05) is 38.2 Å². The number of piperazine rings is 1. The molecular weight excluding hydrogens is 508 g/mol. The Balaban J connectivity index is 1.27. The van der Waals surface area contributed by atoms with Crippen LogP contribution in [0.1, 0.15) is 51.8 Å². The summed E-state index contributed by atoms with van der Waals surface area (Å²) in [7, 11) is 0. The molecule has 40 heavy (non-hydrogen) atoms. The van der Waals surface area contributed by atoms with E-state index in [1.165, 1.54) is 0 Å². The average Bonchev–Trinajstić information content (AvgIpc) is 3.38. The molecule has 10 heteroatoms. The van der Waals surface area contributed by atoms with E-state index in [0.717, 1.165) is 64.8 Å². The van der Waals surface area contributed by atoms with E-state index in [0.29, 0.717) is 31.9 Å². The summed E-state index contributed by atoms with van der Waals surface area (Å²) < 4.78 is 20.1. The molecule has 2 aliphatic rings. The predicted molar refractivity (Wildman–Crippen MR) is 153 cm³/mol. The number of carbonyl (C=O) groups is 1. The number of hydrogen-bond donors (Lipinski definition) is 0. The molecule has 2 aromatic heterocycles. The number of para-hydroxylation sites is 1. The number of ether oxygens (including phenoxy) is 3. The molecule has 0 spiro atoms. The standard InChI is InChI=1S/C30H36N6O4/c1-20-11-12-23-22(18-33-36(23)25-10-5-6-17-38-25)27(20)39-24-9-7-8-21-26(24)31-19-32-28(21)34-13-15-35(16-14-34)29(37)40-30(2,3)4/h7-9,11-12,18-19,25H,5-6,10,13-17H2,1-4H3. The van der Waals surface area contributed by atoms with E-state index in [2.05, 4.69) is 32.1 Å². The lowest BCUT2D eigenvalue weighted by Crippen LogP contribution is -2.50. The fraction of sp³-hybridized carbons (Fsp3) is 0.467. The van der Waals surface area contributed by atoms with E-state index in [-0.39, 0.29) is 12.3 Å². The van der Waals surface area contributed by atoms with Crippen molar-refractivity contribution in [1.82, 2.24) is 24.6 Å². The smallest absolute Gasteiger partial charge is 0.410 e. The van der Waals surface area contributed by atoms with Crippen molar-refractivity contribution in [2.75, 3.05) is 37.7 Å². The minimum atomic E-state index is -0.515. The number of nitrogens with zero attached hydrogens (tertiary/aromatic N) is 6. The summed E-state index contributed by atoms with van der Waals surface area (Å²) in [5, 5.41) is 6.53. The van der Waals surface area contributed by atoms with Crippen LogP contribution in [0.15, 0.2) is 42.9 Å². The Kier molecular flexibility index (Phi) is 6.95. The molecule has 0 bridgehead atoms.